The van der Waals surface area contributed by atoms with Crippen LogP contribution in [0.25, 0.3) is 0 Å². The maximum atomic E-state index is 10.8. The quantitative estimate of drug-likeness (QED) is 0.321. The largest absolute Gasteiger partial charge is 0.472 e. The molecule has 32 heavy (non-hydrogen) atoms. The third-order valence-corrected chi connectivity index (χ3v) is 4.27. The average molecular weight is 436 g/mol. The van der Waals surface area contributed by atoms with Crippen molar-refractivity contribution in [1.29, 1.82) is 0 Å². The lowest BCUT2D eigenvalue weighted by Crippen LogP contribution is -2.12. The van der Waals surface area contributed by atoms with Crippen molar-refractivity contribution in [2.45, 2.75) is 13.5 Å². The fourth-order valence-corrected chi connectivity index (χ4v) is 2.79. The summed E-state index contributed by atoms with van der Waals surface area (Å²) in [6.45, 7) is 2.06. The number of amides is 1. The highest BCUT2D eigenvalue weighted by Crippen LogP contribution is 2.23. The molecule has 4 aromatic rings. The number of aromatic nitrogens is 5. The van der Waals surface area contributed by atoms with Gasteiger partial charge in [-0.25, -0.2) is 9.78 Å². The lowest BCUT2D eigenvalue weighted by Gasteiger charge is -2.13. The molecule has 0 fully saturated rings. The van der Waals surface area contributed by atoms with Crippen LogP contribution in [0.1, 0.15) is 11.3 Å². The molecule has 3 aromatic heterocycles. The van der Waals surface area contributed by atoms with E-state index in [0.717, 1.165) is 11.3 Å². The molecule has 0 radical (unpaired) electrons. The summed E-state index contributed by atoms with van der Waals surface area (Å²) in [5, 5.41) is 25.0. The van der Waals surface area contributed by atoms with Gasteiger partial charge in [-0.05, 0) is 30.7 Å². The molecule has 0 unspecified atom stereocenters. The van der Waals surface area contributed by atoms with Crippen molar-refractivity contribution in [3.63, 3.8) is 0 Å². The van der Waals surface area contributed by atoms with Crippen LogP contribution in [0, 0.1) is 6.92 Å². The molecule has 3 heterocycles. The second-order valence-corrected chi connectivity index (χ2v) is 6.77. The van der Waals surface area contributed by atoms with Gasteiger partial charge in [-0.3, -0.25) is 15.3 Å². The molecule has 4 N–H and O–H groups in total. The van der Waals surface area contributed by atoms with Crippen LogP contribution in [0.2, 0.25) is 0 Å². The molecule has 4 rings (SSSR count). The van der Waals surface area contributed by atoms with Crippen LogP contribution in [-0.2, 0) is 6.61 Å². The topological polar surface area (TPSA) is 154 Å². The van der Waals surface area contributed by atoms with E-state index in [0.29, 0.717) is 35.0 Å². The van der Waals surface area contributed by atoms with Crippen LogP contribution in [0.15, 0.2) is 53.2 Å². The molecule has 1 aromatic carbocycles. The van der Waals surface area contributed by atoms with Crippen molar-refractivity contribution in [3.8, 4) is 5.88 Å². The summed E-state index contributed by atoms with van der Waals surface area (Å²) in [6.07, 6.45) is 0.497. The molecule has 164 valence electrons. The Morgan fingerprint density at radius 2 is 2.16 bits per heavy atom. The van der Waals surface area contributed by atoms with Crippen LogP contribution < -0.4 is 20.3 Å². The van der Waals surface area contributed by atoms with E-state index in [9.17, 15) is 4.79 Å². The molecular weight excluding hydrogens is 416 g/mol. The molecule has 0 saturated carbocycles. The number of rotatable bonds is 8. The summed E-state index contributed by atoms with van der Waals surface area (Å²) in [6, 6.07) is 12.1. The Labute approximate surface area is 182 Å². The highest BCUT2D eigenvalue weighted by atomic mass is 16.5. The first-order valence-corrected chi connectivity index (χ1v) is 9.50. The lowest BCUT2D eigenvalue weighted by atomic mass is 10.2. The molecule has 12 heteroatoms. The Balaban J connectivity index is 1.38. The Morgan fingerprint density at radius 3 is 2.94 bits per heavy atom. The number of H-pyrrole nitrogens is 1. The Hall–Kier alpha value is -4.61. The maximum Gasteiger partial charge on any atom is 0.409 e. The minimum absolute atomic E-state index is 0.221. The number of ether oxygens (including phenoxy) is 1. The normalized spacial score (nSPS) is 10.6. The van der Waals surface area contributed by atoms with Crippen molar-refractivity contribution < 1.29 is 19.2 Å². The molecule has 0 spiro atoms. The minimum Gasteiger partial charge on any atom is -0.472 e. The standard InChI is InChI=1S/C20H20N8O4/c1-12-8-18(32-27-12)28(2)19-21-7-6-15(24-19)23-16-10-17(26-25-16)31-11-13-4-3-5-14(9-13)22-20(29)30/h3-10,22H,11H2,1-2H3,(H,29,30)(H2,21,23,24,25,26). The predicted molar refractivity (Wildman–Crippen MR) is 116 cm³/mol. The molecule has 12 nitrogen and oxygen atoms in total. The van der Waals surface area contributed by atoms with E-state index in [1.54, 1.807) is 54.5 Å². The number of anilines is 5. The summed E-state index contributed by atoms with van der Waals surface area (Å²) < 4.78 is 10.9. The second kappa shape index (κ2) is 9.04. The summed E-state index contributed by atoms with van der Waals surface area (Å²) in [5.41, 5.74) is 2.02. The van der Waals surface area contributed by atoms with Gasteiger partial charge in [0.1, 0.15) is 18.2 Å². The number of carboxylic acid groups (broad SMARTS) is 1. The predicted octanol–water partition coefficient (Wildman–Crippen LogP) is 3.68. The van der Waals surface area contributed by atoms with Crippen LogP contribution >= 0.6 is 0 Å². The first-order chi connectivity index (χ1) is 15.5. The first-order valence-electron chi connectivity index (χ1n) is 9.50. The van der Waals surface area contributed by atoms with Gasteiger partial charge in [-0.15, -0.1) is 5.10 Å². The molecule has 1 amide bonds. The summed E-state index contributed by atoms with van der Waals surface area (Å²) >= 11 is 0. The van der Waals surface area contributed by atoms with E-state index in [-0.39, 0.29) is 6.61 Å². The SMILES string of the molecule is Cc1cc(N(C)c2nccc(Nc3cc(OCc4cccc(NC(=O)O)c4)n[nH]3)n2)on1. The Morgan fingerprint density at radius 1 is 1.28 bits per heavy atom. The van der Waals surface area contributed by atoms with Gasteiger partial charge in [0.05, 0.1) is 5.69 Å². The third kappa shape index (κ3) is 5.11. The summed E-state index contributed by atoms with van der Waals surface area (Å²) in [4.78, 5) is 21.2. The van der Waals surface area contributed by atoms with Crippen molar-refractivity contribution in [2.24, 2.45) is 0 Å². The summed E-state index contributed by atoms with van der Waals surface area (Å²) in [7, 11) is 1.78. The lowest BCUT2D eigenvalue weighted by molar-refractivity contribution is 0.209. The zero-order valence-electron chi connectivity index (χ0n) is 17.2. The maximum absolute atomic E-state index is 10.8. The number of hydrogen-bond donors (Lipinski definition) is 4. The molecule has 0 aliphatic heterocycles. The second-order valence-electron chi connectivity index (χ2n) is 6.77. The smallest absolute Gasteiger partial charge is 0.409 e. The van der Waals surface area contributed by atoms with Gasteiger partial charge in [0.2, 0.25) is 17.7 Å². The number of aromatic amines is 1. The number of benzene rings is 1. The van der Waals surface area contributed by atoms with Crippen molar-refractivity contribution >= 4 is 35.2 Å². The molecular formula is C20H20N8O4. The van der Waals surface area contributed by atoms with Crippen molar-refractivity contribution in [3.05, 3.63) is 59.9 Å². The molecule has 0 saturated heterocycles. The van der Waals surface area contributed by atoms with Crippen LogP contribution in [-0.4, -0.2) is 43.6 Å². The number of nitrogens with one attached hydrogen (secondary N) is 3. The Kier molecular flexibility index (Phi) is 5.83. The van der Waals surface area contributed by atoms with E-state index in [1.807, 2.05) is 13.0 Å². The number of carbonyl (C=O) groups is 1. The van der Waals surface area contributed by atoms with Crippen molar-refractivity contribution in [2.75, 3.05) is 22.6 Å². The average Bonchev–Trinajstić information content (AvgIpc) is 3.40. The molecule has 0 bridgehead atoms. The van der Waals surface area contributed by atoms with Gasteiger partial charge in [0.15, 0.2) is 0 Å². The van der Waals surface area contributed by atoms with Gasteiger partial charge < -0.3 is 19.7 Å². The highest BCUT2D eigenvalue weighted by Gasteiger charge is 2.13. The van der Waals surface area contributed by atoms with E-state index in [1.165, 1.54) is 0 Å². The molecule has 0 atom stereocenters. The molecule has 0 aliphatic carbocycles. The number of hydrogen-bond acceptors (Lipinski definition) is 9. The highest BCUT2D eigenvalue weighted by molar-refractivity contribution is 5.82. The van der Waals surface area contributed by atoms with Crippen LogP contribution in [0.3, 0.4) is 0 Å². The number of nitrogens with zero attached hydrogens (tertiary/aromatic N) is 5. The zero-order chi connectivity index (χ0) is 22.5. The Bertz CT molecular complexity index is 1220. The van der Waals surface area contributed by atoms with E-state index >= 15 is 0 Å². The zero-order valence-corrected chi connectivity index (χ0v) is 17.2. The van der Waals surface area contributed by atoms with Crippen LogP contribution in [0.4, 0.5) is 34.0 Å². The van der Waals surface area contributed by atoms with Crippen molar-refractivity contribution in [1.82, 2.24) is 25.3 Å². The summed E-state index contributed by atoms with van der Waals surface area (Å²) in [5.74, 6) is 2.44. The van der Waals surface area contributed by atoms with Gasteiger partial charge in [0.25, 0.3) is 0 Å². The first kappa shape index (κ1) is 20.7. The number of aryl methyl sites for hydroxylation is 1. The third-order valence-electron chi connectivity index (χ3n) is 4.27. The minimum atomic E-state index is -1.12. The van der Waals surface area contributed by atoms with Gasteiger partial charge in [-0.1, -0.05) is 17.3 Å². The van der Waals surface area contributed by atoms with E-state index in [4.69, 9.17) is 14.4 Å². The fourth-order valence-electron chi connectivity index (χ4n) is 2.79. The fraction of sp³-hybridized carbons (Fsp3) is 0.150. The van der Waals surface area contributed by atoms with E-state index in [2.05, 4.69) is 36.0 Å². The van der Waals surface area contributed by atoms with Gasteiger partial charge in [-0.2, -0.15) is 4.98 Å². The monoisotopic (exact) mass is 436 g/mol. The van der Waals surface area contributed by atoms with Gasteiger partial charge >= 0.3 is 6.09 Å². The van der Waals surface area contributed by atoms with Gasteiger partial charge in [0, 0.05) is 31.1 Å². The van der Waals surface area contributed by atoms with Crippen LogP contribution in [0.5, 0.6) is 5.88 Å². The van der Waals surface area contributed by atoms with E-state index < -0.39 is 6.09 Å². The molecule has 0 aliphatic rings.